The molecule has 0 aromatic heterocycles. The van der Waals surface area contributed by atoms with Gasteiger partial charge >= 0.3 is 0 Å². The van der Waals surface area contributed by atoms with E-state index in [0.29, 0.717) is 12.0 Å². The fourth-order valence-electron chi connectivity index (χ4n) is 1.24. The van der Waals surface area contributed by atoms with Gasteiger partial charge in [0, 0.05) is 11.6 Å². The Labute approximate surface area is 78.1 Å². The van der Waals surface area contributed by atoms with E-state index in [1.165, 1.54) is 6.07 Å². The van der Waals surface area contributed by atoms with Gasteiger partial charge in [0.05, 0.1) is 0 Å². The van der Waals surface area contributed by atoms with E-state index >= 15 is 0 Å². The Kier molecular flexibility index (Phi) is 3.20. The van der Waals surface area contributed by atoms with E-state index in [4.69, 9.17) is 5.73 Å². The Morgan fingerprint density at radius 2 is 2.31 bits per heavy atom. The first-order valence-electron chi connectivity index (χ1n) is 4.27. The fourth-order valence-corrected chi connectivity index (χ4v) is 1.24. The number of rotatable bonds is 3. The summed E-state index contributed by atoms with van der Waals surface area (Å²) >= 11 is 0. The maximum atomic E-state index is 13.3. The fraction of sp³-hybridized carbons (Fsp3) is 0.273. The lowest BCUT2D eigenvalue weighted by Crippen LogP contribution is -2.11. The van der Waals surface area contributed by atoms with Crippen LogP contribution in [0.3, 0.4) is 0 Å². The molecule has 0 radical (unpaired) electrons. The van der Waals surface area contributed by atoms with Crippen LogP contribution >= 0.6 is 0 Å². The van der Waals surface area contributed by atoms with Crippen molar-refractivity contribution in [2.75, 3.05) is 0 Å². The first-order chi connectivity index (χ1) is 6.15. The van der Waals surface area contributed by atoms with Gasteiger partial charge in [-0.05, 0) is 25.0 Å². The van der Waals surface area contributed by atoms with Crippen molar-refractivity contribution in [2.45, 2.75) is 19.4 Å². The van der Waals surface area contributed by atoms with Crippen molar-refractivity contribution in [1.82, 2.24) is 0 Å². The third-order valence-electron chi connectivity index (χ3n) is 1.98. The summed E-state index contributed by atoms with van der Waals surface area (Å²) in [4.78, 5) is 0. The minimum atomic E-state index is -0.280. The molecular weight excluding hydrogens is 165 g/mol. The maximum absolute atomic E-state index is 13.3. The Balaban J connectivity index is 2.94. The molecule has 0 spiro atoms. The van der Waals surface area contributed by atoms with Crippen molar-refractivity contribution in [1.29, 1.82) is 0 Å². The third-order valence-corrected chi connectivity index (χ3v) is 1.98. The zero-order valence-corrected chi connectivity index (χ0v) is 7.76. The zero-order valence-electron chi connectivity index (χ0n) is 7.76. The summed E-state index contributed by atoms with van der Waals surface area (Å²) < 4.78 is 13.3. The second kappa shape index (κ2) is 4.19. The number of halogens is 1. The van der Waals surface area contributed by atoms with Crippen molar-refractivity contribution in [3.05, 3.63) is 47.8 Å². The quantitative estimate of drug-likeness (QED) is 0.709. The molecule has 0 aliphatic carbocycles. The Morgan fingerprint density at radius 3 is 2.85 bits per heavy atom. The third kappa shape index (κ3) is 2.39. The molecule has 1 rings (SSSR count). The maximum Gasteiger partial charge on any atom is 0.128 e. The second-order valence-electron chi connectivity index (χ2n) is 3.16. The summed E-state index contributed by atoms with van der Waals surface area (Å²) in [6, 6.07) is 4.82. The largest absolute Gasteiger partial charge is 0.324 e. The molecule has 0 aliphatic rings. The van der Waals surface area contributed by atoms with Crippen LogP contribution in [0, 0.1) is 12.7 Å². The monoisotopic (exact) mass is 179 g/mol. The highest BCUT2D eigenvalue weighted by Crippen LogP contribution is 2.18. The molecule has 0 saturated heterocycles. The smallest absolute Gasteiger partial charge is 0.128 e. The van der Waals surface area contributed by atoms with E-state index in [9.17, 15) is 4.39 Å². The average Bonchev–Trinajstić information content (AvgIpc) is 2.04. The molecule has 0 aliphatic heterocycles. The van der Waals surface area contributed by atoms with Crippen molar-refractivity contribution in [3.63, 3.8) is 0 Å². The second-order valence-corrected chi connectivity index (χ2v) is 3.16. The van der Waals surface area contributed by atoms with E-state index in [2.05, 4.69) is 6.58 Å². The molecule has 70 valence electrons. The van der Waals surface area contributed by atoms with E-state index in [1.54, 1.807) is 12.1 Å². The van der Waals surface area contributed by atoms with E-state index in [1.807, 2.05) is 13.0 Å². The molecule has 0 fully saturated rings. The molecule has 2 heteroatoms. The van der Waals surface area contributed by atoms with Crippen LogP contribution in [-0.4, -0.2) is 0 Å². The minimum Gasteiger partial charge on any atom is -0.324 e. The zero-order chi connectivity index (χ0) is 9.84. The van der Waals surface area contributed by atoms with Crippen LogP contribution in [-0.2, 0) is 0 Å². The van der Waals surface area contributed by atoms with Gasteiger partial charge in [-0.25, -0.2) is 4.39 Å². The van der Waals surface area contributed by atoms with Crippen LogP contribution in [0.4, 0.5) is 4.39 Å². The lowest BCUT2D eigenvalue weighted by atomic mass is 10.0. The number of hydrogen-bond donors (Lipinski definition) is 1. The van der Waals surface area contributed by atoms with Gasteiger partial charge in [0.1, 0.15) is 5.82 Å². The predicted molar refractivity (Wildman–Crippen MR) is 52.9 cm³/mol. The van der Waals surface area contributed by atoms with Gasteiger partial charge in [-0.1, -0.05) is 18.2 Å². The summed E-state index contributed by atoms with van der Waals surface area (Å²) in [5.41, 5.74) is 7.22. The standard InChI is InChI=1S/C11H14FN/c1-3-4-11(13)9-6-5-8(2)7-10(9)12/h3,5-7,11H,1,4,13H2,2H3/t11-/m0/s1. The van der Waals surface area contributed by atoms with Gasteiger partial charge < -0.3 is 5.73 Å². The highest BCUT2D eigenvalue weighted by atomic mass is 19.1. The predicted octanol–water partition coefficient (Wildman–Crippen LogP) is 2.71. The van der Waals surface area contributed by atoms with Crippen molar-refractivity contribution < 1.29 is 4.39 Å². The molecule has 0 bridgehead atoms. The molecule has 0 unspecified atom stereocenters. The normalized spacial score (nSPS) is 12.5. The van der Waals surface area contributed by atoms with Crippen LogP contribution < -0.4 is 5.73 Å². The molecular formula is C11H14FN. The Hall–Kier alpha value is -1.15. The topological polar surface area (TPSA) is 26.0 Å². The summed E-state index contributed by atoms with van der Waals surface area (Å²) in [6.07, 6.45) is 2.30. The summed E-state index contributed by atoms with van der Waals surface area (Å²) in [5, 5.41) is 0. The molecule has 1 aromatic carbocycles. The highest BCUT2D eigenvalue weighted by Gasteiger charge is 2.09. The lowest BCUT2D eigenvalue weighted by molar-refractivity contribution is 0.582. The first kappa shape index (κ1) is 9.93. The molecule has 0 heterocycles. The van der Waals surface area contributed by atoms with Gasteiger partial charge in [-0.3, -0.25) is 0 Å². The van der Waals surface area contributed by atoms with Gasteiger partial charge in [0.25, 0.3) is 0 Å². The van der Waals surface area contributed by atoms with Gasteiger partial charge in [0.15, 0.2) is 0 Å². The minimum absolute atomic E-state index is 0.227. The molecule has 2 N–H and O–H groups in total. The van der Waals surface area contributed by atoms with Crippen molar-refractivity contribution >= 4 is 0 Å². The molecule has 1 nitrogen and oxygen atoms in total. The average molecular weight is 179 g/mol. The molecule has 1 aromatic rings. The van der Waals surface area contributed by atoms with E-state index in [0.717, 1.165) is 5.56 Å². The van der Waals surface area contributed by atoms with Crippen LogP contribution in [0.5, 0.6) is 0 Å². The number of hydrogen-bond acceptors (Lipinski definition) is 1. The van der Waals surface area contributed by atoms with Gasteiger partial charge in [0.2, 0.25) is 0 Å². The van der Waals surface area contributed by atoms with Crippen LogP contribution in [0.25, 0.3) is 0 Å². The van der Waals surface area contributed by atoms with Gasteiger partial charge in [-0.15, -0.1) is 6.58 Å². The summed E-state index contributed by atoms with van der Waals surface area (Å²) in [7, 11) is 0. The Morgan fingerprint density at radius 1 is 1.62 bits per heavy atom. The number of benzene rings is 1. The molecule has 1 atom stereocenters. The lowest BCUT2D eigenvalue weighted by Gasteiger charge is -2.10. The number of nitrogens with two attached hydrogens (primary N) is 1. The van der Waals surface area contributed by atoms with Crippen LogP contribution in [0.15, 0.2) is 30.9 Å². The Bertz CT molecular complexity index is 307. The highest BCUT2D eigenvalue weighted by molar-refractivity contribution is 5.26. The van der Waals surface area contributed by atoms with Crippen LogP contribution in [0.1, 0.15) is 23.6 Å². The summed E-state index contributed by atoms with van der Waals surface area (Å²) in [5.74, 6) is -0.227. The van der Waals surface area contributed by atoms with E-state index < -0.39 is 0 Å². The van der Waals surface area contributed by atoms with Crippen molar-refractivity contribution in [2.24, 2.45) is 5.73 Å². The van der Waals surface area contributed by atoms with Gasteiger partial charge in [-0.2, -0.15) is 0 Å². The number of aryl methyl sites for hydroxylation is 1. The molecule has 13 heavy (non-hydrogen) atoms. The van der Waals surface area contributed by atoms with E-state index in [-0.39, 0.29) is 11.9 Å². The SMILES string of the molecule is C=CC[C@H](N)c1ccc(C)cc1F. The summed E-state index contributed by atoms with van der Waals surface area (Å²) in [6.45, 7) is 5.42. The molecule has 0 amide bonds. The van der Waals surface area contributed by atoms with Crippen LogP contribution in [0.2, 0.25) is 0 Å². The molecule has 0 saturated carbocycles. The van der Waals surface area contributed by atoms with Crippen molar-refractivity contribution in [3.8, 4) is 0 Å². The first-order valence-corrected chi connectivity index (χ1v) is 4.27.